The minimum absolute atomic E-state index is 0.251. The Labute approximate surface area is 134 Å². The molecule has 3 rings (SSSR count). The minimum atomic E-state index is -1.02. The number of halogens is 2. The summed E-state index contributed by atoms with van der Waals surface area (Å²) in [7, 11) is 0. The Kier molecular flexibility index (Phi) is 4.16. The van der Waals surface area contributed by atoms with E-state index in [2.05, 4.69) is 4.98 Å². The zero-order chi connectivity index (χ0) is 16.4. The molecule has 23 heavy (non-hydrogen) atoms. The smallest absolute Gasteiger partial charge is 0.307 e. The van der Waals surface area contributed by atoms with Gasteiger partial charge in [-0.2, -0.15) is 0 Å². The van der Waals surface area contributed by atoms with Crippen LogP contribution >= 0.6 is 11.3 Å². The van der Waals surface area contributed by atoms with Crippen LogP contribution in [0.1, 0.15) is 17.0 Å². The fourth-order valence-electron chi connectivity index (χ4n) is 2.16. The summed E-state index contributed by atoms with van der Waals surface area (Å²) in [6, 6.07) is 10.9. The van der Waals surface area contributed by atoms with Gasteiger partial charge in [0.1, 0.15) is 5.01 Å². The zero-order valence-electron chi connectivity index (χ0n) is 11.8. The van der Waals surface area contributed by atoms with Crippen molar-refractivity contribution in [2.75, 3.05) is 0 Å². The molecule has 1 heterocycles. The van der Waals surface area contributed by atoms with Gasteiger partial charge in [-0.1, -0.05) is 18.2 Å². The van der Waals surface area contributed by atoms with Crippen LogP contribution in [-0.4, -0.2) is 16.1 Å². The monoisotopic (exact) mass is 331 g/mol. The molecule has 116 valence electrons. The number of aromatic nitrogens is 1. The Hall–Kier alpha value is -2.60. The van der Waals surface area contributed by atoms with Gasteiger partial charge < -0.3 is 5.11 Å². The maximum absolute atomic E-state index is 13.3. The summed E-state index contributed by atoms with van der Waals surface area (Å²) in [6.45, 7) is 0. The highest BCUT2D eigenvalue weighted by Gasteiger charge is 2.13. The first kappa shape index (κ1) is 15.3. The van der Waals surface area contributed by atoms with Crippen molar-refractivity contribution >= 4 is 39.2 Å². The van der Waals surface area contributed by atoms with Gasteiger partial charge in [0.05, 0.1) is 16.6 Å². The number of thiazole rings is 1. The fourth-order valence-corrected chi connectivity index (χ4v) is 3.14. The molecule has 3 aromatic rings. The van der Waals surface area contributed by atoms with E-state index in [0.29, 0.717) is 16.1 Å². The molecule has 0 spiro atoms. The second-order valence-electron chi connectivity index (χ2n) is 4.90. The van der Waals surface area contributed by atoms with E-state index < -0.39 is 17.6 Å². The van der Waals surface area contributed by atoms with E-state index in [9.17, 15) is 13.6 Å². The summed E-state index contributed by atoms with van der Waals surface area (Å²) in [5.74, 6) is -2.93. The number of nitrogens with zero attached hydrogens (tertiary/aromatic N) is 1. The number of carboxylic acids is 1. The van der Waals surface area contributed by atoms with E-state index >= 15 is 0 Å². The molecule has 0 bridgehead atoms. The van der Waals surface area contributed by atoms with Crippen molar-refractivity contribution in [1.82, 2.24) is 4.98 Å². The van der Waals surface area contributed by atoms with Gasteiger partial charge in [0.25, 0.3) is 0 Å². The molecule has 0 radical (unpaired) electrons. The van der Waals surface area contributed by atoms with E-state index in [4.69, 9.17) is 5.11 Å². The highest BCUT2D eigenvalue weighted by atomic mass is 32.1. The highest BCUT2D eigenvalue weighted by molar-refractivity contribution is 7.19. The lowest BCUT2D eigenvalue weighted by Crippen LogP contribution is -1.97. The van der Waals surface area contributed by atoms with Crippen LogP contribution in [-0.2, 0) is 4.79 Å². The summed E-state index contributed by atoms with van der Waals surface area (Å²) in [5.41, 5.74) is 1.61. The van der Waals surface area contributed by atoms with Crippen molar-refractivity contribution in [1.29, 1.82) is 0 Å². The molecule has 0 atom stereocenters. The molecular weight excluding hydrogens is 320 g/mol. The minimum Gasteiger partial charge on any atom is -0.481 e. The van der Waals surface area contributed by atoms with Crippen molar-refractivity contribution in [2.45, 2.75) is 6.42 Å². The third kappa shape index (κ3) is 3.43. The van der Waals surface area contributed by atoms with Gasteiger partial charge in [0.15, 0.2) is 11.6 Å². The van der Waals surface area contributed by atoms with Gasteiger partial charge in [-0.25, -0.2) is 13.8 Å². The molecule has 0 aliphatic rings. The normalized spacial score (nSPS) is 11.8. The fraction of sp³-hybridized carbons (Fsp3) is 0.0588. The molecule has 0 aliphatic carbocycles. The Morgan fingerprint density at radius 1 is 1.17 bits per heavy atom. The molecule has 1 N–H and O–H groups in total. The number of rotatable bonds is 4. The van der Waals surface area contributed by atoms with Crippen LogP contribution in [0.15, 0.2) is 42.5 Å². The summed E-state index contributed by atoms with van der Waals surface area (Å²) >= 11 is 1.36. The zero-order valence-corrected chi connectivity index (χ0v) is 12.6. The number of carboxylic acid groups (broad SMARTS) is 1. The number of aliphatic carboxylic acids is 1. The molecular formula is C17H11F2NO2S. The van der Waals surface area contributed by atoms with E-state index in [1.54, 1.807) is 0 Å². The van der Waals surface area contributed by atoms with Crippen LogP contribution in [0.2, 0.25) is 0 Å². The maximum Gasteiger partial charge on any atom is 0.307 e. The maximum atomic E-state index is 13.3. The molecule has 2 aromatic carbocycles. The Balaban J connectivity index is 2.07. The summed E-state index contributed by atoms with van der Waals surface area (Å²) < 4.78 is 27.3. The van der Waals surface area contributed by atoms with Crippen LogP contribution in [0.4, 0.5) is 8.78 Å². The molecule has 1 aromatic heterocycles. The van der Waals surface area contributed by atoms with E-state index in [-0.39, 0.29) is 6.42 Å². The SMILES string of the molecule is O=C(O)C/C(=C\c1ccc(F)c(F)c1)c1nc2ccccc2s1. The lowest BCUT2D eigenvalue weighted by atomic mass is 10.1. The summed E-state index contributed by atoms with van der Waals surface area (Å²) in [6.07, 6.45) is 1.27. The predicted molar refractivity (Wildman–Crippen MR) is 86.1 cm³/mol. The molecule has 0 fully saturated rings. The van der Waals surface area contributed by atoms with Gasteiger partial charge >= 0.3 is 5.97 Å². The molecule has 0 unspecified atom stereocenters. The lowest BCUT2D eigenvalue weighted by Gasteiger charge is -2.02. The second-order valence-corrected chi connectivity index (χ2v) is 5.93. The summed E-state index contributed by atoms with van der Waals surface area (Å²) in [5, 5.41) is 9.65. The Morgan fingerprint density at radius 2 is 1.96 bits per heavy atom. The number of hydrogen-bond donors (Lipinski definition) is 1. The standard InChI is InChI=1S/C17H11F2NO2S/c18-12-6-5-10(8-13(12)19)7-11(9-16(21)22)17-20-14-3-1-2-4-15(14)23-17/h1-8H,9H2,(H,21,22)/b11-7+. The van der Waals surface area contributed by atoms with Crippen LogP contribution in [0.25, 0.3) is 21.9 Å². The van der Waals surface area contributed by atoms with Gasteiger partial charge in [0, 0.05) is 0 Å². The topological polar surface area (TPSA) is 50.2 Å². The average Bonchev–Trinajstić information content (AvgIpc) is 2.94. The van der Waals surface area contributed by atoms with Crippen molar-refractivity contribution in [2.24, 2.45) is 0 Å². The first-order chi connectivity index (χ1) is 11.0. The van der Waals surface area contributed by atoms with Gasteiger partial charge in [0.2, 0.25) is 0 Å². The first-order valence-electron chi connectivity index (χ1n) is 6.76. The van der Waals surface area contributed by atoms with Gasteiger partial charge in [-0.05, 0) is 41.5 Å². The van der Waals surface area contributed by atoms with Crippen LogP contribution in [0.3, 0.4) is 0 Å². The van der Waals surface area contributed by atoms with E-state index in [0.717, 1.165) is 22.3 Å². The quantitative estimate of drug-likeness (QED) is 0.761. The number of fused-ring (bicyclic) bond motifs is 1. The molecule has 0 amide bonds. The van der Waals surface area contributed by atoms with Crippen molar-refractivity contribution < 1.29 is 18.7 Å². The van der Waals surface area contributed by atoms with Crippen molar-refractivity contribution in [3.8, 4) is 0 Å². The van der Waals surface area contributed by atoms with Crippen molar-refractivity contribution in [3.63, 3.8) is 0 Å². The largest absolute Gasteiger partial charge is 0.481 e. The predicted octanol–water partition coefficient (Wildman–Crippen LogP) is 4.59. The Bertz CT molecular complexity index is 885. The number of para-hydroxylation sites is 1. The molecule has 0 saturated heterocycles. The van der Waals surface area contributed by atoms with Crippen molar-refractivity contribution in [3.05, 3.63) is 64.7 Å². The van der Waals surface area contributed by atoms with Gasteiger partial charge in [-0.3, -0.25) is 4.79 Å². The number of hydrogen-bond acceptors (Lipinski definition) is 3. The molecule has 6 heteroatoms. The van der Waals surface area contributed by atoms with Crippen LogP contribution in [0.5, 0.6) is 0 Å². The Morgan fingerprint density at radius 3 is 2.65 bits per heavy atom. The third-order valence-electron chi connectivity index (χ3n) is 3.19. The molecule has 0 aliphatic heterocycles. The molecule has 0 saturated carbocycles. The number of carbonyl (C=O) groups is 1. The van der Waals surface area contributed by atoms with Gasteiger partial charge in [-0.15, -0.1) is 11.3 Å². The number of benzene rings is 2. The average molecular weight is 331 g/mol. The van der Waals surface area contributed by atoms with E-state index in [1.165, 1.54) is 23.5 Å². The molecule has 3 nitrogen and oxygen atoms in total. The van der Waals surface area contributed by atoms with Crippen LogP contribution < -0.4 is 0 Å². The first-order valence-corrected chi connectivity index (χ1v) is 7.58. The van der Waals surface area contributed by atoms with E-state index in [1.807, 2.05) is 24.3 Å². The summed E-state index contributed by atoms with van der Waals surface area (Å²) in [4.78, 5) is 15.5. The third-order valence-corrected chi connectivity index (χ3v) is 4.31. The lowest BCUT2D eigenvalue weighted by molar-refractivity contribution is -0.135. The van der Waals surface area contributed by atoms with Crippen LogP contribution in [0, 0.1) is 11.6 Å². The second kappa shape index (κ2) is 6.26. The highest BCUT2D eigenvalue weighted by Crippen LogP contribution is 2.30.